The van der Waals surface area contributed by atoms with Gasteiger partial charge in [-0.3, -0.25) is 10.3 Å². The van der Waals surface area contributed by atoms with Crippen LogP contribution in [-0.2, 0) is 4.74 Å². The second-order valence-electron chi connectivity index (χ2n) is 5.54. The first-order valence-electron chi connectivity index (χ1n) is 6.03. The van der Waals surface area contributed by atoms with Gasteiger partial charge >= 0.3 is 0 Å². The molecule has 1 saturated heterocycles. The zero-order chi connectivity index (χ0) is 12.3. The van der Waals surface area contributed by atoms with Crippen molar-refractivity contribution in [3.63, 3.8) is 0 Å². The molecule has 1 fully saturated rings. The van der Waals surface area contributed by atoms with E-state index in [9.17, 15) is 0 Å². The molecule has 1 rings (SSSR count). The summed E-state index contributed by atoms with van der Waals surface area (Å²) in [6, 6.07) is 0.471. The Bertz CT molecular complexity index is 253. The van der Waals surface area contributed by atoms with Crippen LogP contribution in [-0.4, -0.2) is 42.6 Å². The molecule has 2 unspecified atom stereocenters. The summed E-state index contributed by atoms with van der Waals surface area (Å²) >= 11 is 0. The van der Waals surface area contributed by atoms with E-state index in [1.165, 1.54) is 0 Å². The Labute approximate surface area is 98.6 Å². The number of morpholine rings is 1. The first-order valence-corrected chi connectivity index (χ1v) is 6.03. The van der Waals surface area contributed by atoms with Crippen LogP contribution in [0, 0.1) is 10.8 Å². The maximum Gasteiger partial charge on any atom is 0.0963 e. The van der Waals surface area contributed by atoms with Gasteiger partial charge in [0.15, 0.2) is 0 Å². The number of amidine groups is 1. The van der Waals surface area contributed by atoms with E-state index in [1.807, 2.05) is 13.8 Å². The summed E-state index contributed by atoms with van der Waals surface area (Å²) in [6.45, 7) is 11.1. The molecule has 0 bridgehead atoms. The lowest BCUT2D eigenvalue weighted by Gasteiger charge is -2.38. The lowest BCUT2D eigenvalue weighted by atomic mass is 9.87. The first kappa shape index (κ1) is 13.5. The number of ether oxygens (including phenoxy) is 1. The minimum absolute atomic E-state index is 0.193. The van der Waals surface area contributed by atoms with Crippen molar-refractivity contribution in [3.05, 3.63) is 0 Å². The first-order chi connectivity index (χ1) is 7.33. The van der Waals surface area contributed by atoms with E-state index >= 15 is 0 Å². The van der Waals surface area contributed by atoms with E-state index < -0.39 is 0 Å². The van der Waals surface area contributed by atoms with Gasteiger partial charge in [0.2, 0.25) is 0 Å². The molecule has 0 spiro atoms. The fourth-order valence-electron chi connectivity index (χ4n) is 1.84. The molecule has 1 heterocycles. The Hall–Kier alpha value is -0.610. The van der Waals surface area contributed by atoms with Gasteiger partial charge in [0.05, 0.1) is 18.5 Å². The zero-order valence-electron chi connectivity index (χ0n) is 10.9. The monoisotopic (exact) mass is 227 g/mol. The van der Waals surface area contributed by atoms with Crippen LogP contribution in [0.3, 0.4) is 0 Å². The molecule has 4 heteroatoms. The van der Waals surface area contributed by atoms with Crippen LogP contribution in [0.15, 0.2) is 0 Å². The Kier molecular flexibility index (Phi) is 4.33. The summed E-state index contributed by atoms with van der Waals surface area (Å²) in [6.07, 6.45) is 1.25. The van der Waals surface area contributed by atoms with E-state index in [2.05, 4.69) is 18.7 Å². The number of hydrogen-bond acceptors (Lipinski definition) is 3. The van der Waals surface area contributed by atoms with Crippen molar-refractivity contribution >= 4 is 5.84 Å². The van der Waals surface area contributed by atoms with E-state index in [0.717, 1.165) is 26.1 Å². The van der Waals surface area contributed by atoms with Crippen LogP contribution < -0.4 is 5.73 Å². The molecule has 1 aliphatic rings. The molecule has 3 N–H and O–H groups in total. The average molecular weight is 227 g/mol. The van der Waals surface area contributed by atoms with Crippen molar-refractivity contribution in [2.45, 2.75) is 46.3 Å². The van der Waals surface area contributed by atoms with Crippen molar-refractivity contribution < 1.29 is 4.74 Å². The van der Waals surface area contributed by atoms with Gasteiger partial charge in [-0.1, -0.05) is 13.8 Å². The highest BCUT2D eigenvalue weighted by atomic mass is 16.5. The highest BCUT2D eigenvalue weighted by Gasteiger charge is 2.27. The molecule has 2 atom stereocenters. The largest absolute Gasteiger partial charge is 0.387 e. The van der Waals surface area contributed by atoms with Gasteiger partial charge in [0, 0.05) is 18.0 Å². The maximum atomic E-state index is 7.54. The van der Waals surface area contributed by atoms with Crippen LogP contribution in [0.1, 0.15) is 34.1 Å². The zero-order valence-corrected chi connectivity index (χ0v) is 10.9. The molecule has 0 saturated carbocycles. The van der Waals surface area contributed by atoms with E-state index in [0.29, 0.717) is 12.1 Å². The standard InChI is InChI=1S/C12H25N3O/c1-9-8-16-10(2)7-15(9)6-5-12(3,4)11(13)14/h9-10H,5-8H2,1-4H3,(H3,13,14). The Morgan fingerprint density at radius 1 is 1.50 bits per heavy atom. The van der Waals surface area contributed by atoms with Crippen LogP contribution in [0.4, 0.5) is 0 Å². The quantitative estimate of drug-likeness (QED) is 0.564. The molecule has 0 aromatic carbocycles. The fourth-order valence-corrected chi connectivity index (χ4v) is 1.84. The number of nitrogens with two attached hydrogens (primary N) is 1. The normalized spacial score (nSPS) is 28.0. The van der Waals surface area contributed by atoms with Crippen LogP contribution >= 0.6 is 0 Å². The minimum Gasteiger partial charge on any atom is -0.387 e. The molecule has 1 aliphatic heterocycles. The summed E-state index contributed by atoms with van der Waals surface area (Å²) in [4.78, 5) is 2.43. The summed E-state index contributed by atoms with van der Waals surface area (Å²) in [5, 5.41) is 7.54. The van der Waals surface area contributed by atoms with Gasteiger partial charge in [-0.2, -0.15) is 0 Å². The Balaban J connectivity index is 2.44. The van der Waals surface area contributed by atoms with E-state index in [1.54, 1.807) is 0 Å². The molecule has 0 aromatic rings. The third-order valence-electron chi connectivity index (χ3n) is 3.49. The van der Waals surface area contributed by atoms with Gasteiger partial charge in [-0.15, -0.1) is 0 Å². The van der Waals surface area contributed by atoms with E-state index in [4.69, 9.17) is 15.9 Å². The van der Waals surface area contributed by atoms with Gasteiger partial charge in [-0.05, 0) is 26.8 Å². The maximum absolute atomic E-state index is 7.54. The van der Waals surface area contributed by atoms with Gasteiger partial charge in [0.1, 0.15) is 0 Å². The number of nitrogens with one attached hydrogen (secondary N) is 1. The molecule has 0 aliphatic carbocycles. The lowest BCUT2D eigenvalue weighted by molar-refractivity contribution is -0.0511. The fraction of sp³-hybridized carbons (Fsp3) is 0.917. The van der Waals surface area contributed by atoms with Gasteiger partial charge < -0.3 is 10.5 Å². The topological polar surface area (TPSA) is 62.3 Å². The van der Waals surface area contributed by atoms with Crippen molar-refractivity contribution in [1.29, 1.82) is 5.41 Å². The highest BCUT2D eigenvalue weighted by Crippen LogP contribution is 2.22. The predicted molar refractivity (Wildman–Crippen MR) is 66.8 cm³/mol. The van der Waals surface area contributed by atoms with Crippen molar-refractivity contribution in [1.82, 2.24) is 4.90 Å². The molecular formula is C12H25N3O. The van der Waals surface area contributed by atoms with Crippen LogP contribution in [0.2, 0.25) is 0 Å². The predicted octanol–water partition coefficient (Wildman–Crippen LogP) is 1.45. The molecule has 16 heavy (non-hydrogen) atoms. The molecule has 0 amide bonds. The third kappa shape index (κ3) is 3.46. The summed E-state index contributed by atoms with van der Waals surface area (Å²) in [5.74, 6) is 0.279. The van der Waals surface area contributed by atoms with Crippen LogP contribution in [0.5, 0.6) is 0 Å². The minimum atomic E-state index is -0.193. The van der Waals surface area contributed by atoms with Crippen molar-refractivity contribution in [2.24, 2.45) is 11.1 Å². The summed E-state index contributed by atoms with van der Waals surface area (Å²) in [5.41, 5.74) is 5.39. The second-order valence-corrected chi connectivity index (χ2v) is 5.54. The van der Waals surface area contributed by atoms with Gasteiger partial charge in [-0.25, -0.2) is 0 Å². The summed E-state index contributed by atoms with van der Waals surface area (Å²) in [7, 11) is 0. The third-order valence-corrected chi connectivity index (χ3v) is 3.49. The Morgan fingerprint density at radius 2 is 2.12 bits per heavy atom. The molecule has 0 radical (unpaired) electrons. The lowest BCUT2D eigenvalue weighted by Crippen LogP contribution is -2.48. The average Bonchev–Trinajstić information content (AvgIpc) is 2.19. The van der Waals surface area contributed by atoms with Crippen molar-refractivity contribution in [3.8, 4) is 0 Å². The molecule has 4 nitrogen and oxygen atoms in total. The molecule has 94 valence electrons. The van der Waals surface area contributed by atoms with Crippen molar-refractivity contribution in [2.75, 3.05) is 19.7 Å². The SMILES string of the molecule is CC1CN(CCC(C)(C)C(=N)N)C(C)CO1. The highest BCUT2D eigenvalue weighted by molar-refractivity contribution is 5.82. The second kappa shape index (κ2) is 5.15. The van der Waals surface area contributed by atoms with Crippen LogP contribution in [0.25, 0.3) is 0 Å². The summed E-state index contributed by atoms with van der Waals surface area (Å²) < 4.78 is 5.59. The Morgan fingerprint density at radius 3 is 2.69 bits per heavy atom. The van der Waals surface area contributed by atoms with Gasteiger partial charge in [0.25, 0.3) is 0 Å². The van der Waals surface area contributed by atoms with E-state index in [-0.39, 0.29) is 11.3 Å². The smallest absolute Gasteiger partial charge is 0.0963 e. The number of nitrogens with zero attached hydrogens (tertiary/aromatic N) is 1. The number of hydrogen-bond donors (Lipinski definition) is 2. The molecular weight excluding hydrogens is 202 g/mol. The number of rotatable bonds is 4. The molecule has 0 aromatic heterocycles.